The van der Waals surface area contributed by atoms with Crippen LogP contribution >= 0.6 is 0 Å². The summed E-state index contributed by atoms with van der Waals surface area (Å²) in [5.41, 5.74) is 0.459. The lowest BCUT2D eigenvalue weighted by atomic mass is 9.89. The number of rotatable bonds is 2. The van der Waals surface area contributed by atoms with Gasteiger partial charge in [-0.2, -0.15) is 5.26 Å². The summed E-state index contributed by atoms with van der Waals surface area (Å²) >= 11 is 0. The summed E-state index contributed by atoms with van der Waals surface area (Å²) in [5, 5.41) is 12.1. The number of hydrogen-bond donors (Lipinski definition) is 1. The second kappa shape index (κ2) is 5.14. The summed E-state index contributed by atoms with van der Waals surface area (Å²) in [6, 6.07) is 2.37. The van der Waals surface area contributed by atoms with Crippen molar-refractivity contribution in [2.45, 2.75) is 50.2 Å². The maximum absolute atomic E-state index is 8.70. The van der Waals surface area contributed by atoms with E-state index in [4.69, 9.17) is 10.00 Å². The van der Waals surface area contributed by atoms with Crippen molar-refractivity contribution in [3.63, 3.8) is 0 Å². The Kier molecular flexibility index (Phi) is 3.34. The minimum Gasteiger partial charge on any atom is -0.375 e. The van der Waals surface area contributed by atoms with Crippen LogP contribution in [0.1, 0.15) is 44.2 Å². The molecule has 5 heteroatoms. The van der Waals surface area contributed by atoms with Crippen LogP contribution in [-0.2, 0) is 4.74 Å². The van der Waals surface area contributed by atoms with Crippen LogP contribution in [0.4, 0.5) is 5.82 Å². The summed E-state index contributed by atoms with van der Waals surface area (Å²) in [6.45, 7) is 0.821. The average molecular weight is 258 g/mol. The minimum atomic E-state index is 0.107. The molecule has 1 aromatic rings. The SMILES string of the molecule is N#Cc1cnc(NC2CCOC3(CCCC3)C2)cn1. The molecule has 2 heterocycles. The van der Waals surface area contributed by atoms with Gasteiger partial charge in [0, 0.05) is 12.6 Å². The van der Waals surface area contributed by atoms with Crippen molar-refractivity contribution >= 4 is 5.82 Å². The van der Waals surface area contributed by atoms with Gasteiger partial charge in [-0.15, -0.1) is 0 Å². The molecule has 100 valence electrons. The summed E-state index contributed by atoms with van der Waals surface area (Å²) < 4.78 is 6.01. The summed E-state index contributed by atoms with van der Waals surface area (Å²) in [7, 11) is 0. The summed E-state index contributed by atoms with van der Waals surface area (Å²) in [4.78, 5) is 8.26. The van der Waals surface area contributed by atoms with E-state index in [0.717, 1.165) is 25.3 Å². The first-order valence-corrected chi connectivity index (χ1v) is 6.92. The molecule has 1 aliphatic heterocycles. The molecule has 1 saturated carbocycles. The summed E-state index contributed by atoms with van der Waals surface area (Å²) in [6.07, 6.45) is 10.1. The normalized spacial score (nSPS) is 25.1. The predicted molar refractivity (Wildman–Crippen MR) is 70.5 cm³/mol. The van der Waals surface area contributed by atoms with Crippen molar-refractivity contribution in [2.75, 3.05) is 11.9 Å². The first-order chi connectivity index (χ1) is 9.30. The third kappa shape index (κ3) is 2.69. The molecule has 0 bridgehead atoms. The van der Waals surface area contributed by atoms with E-state index in [1.807, 2.05) is 6.07 Å². The van der Waals surface area contributed by atoms with Crippen molar-refractivity contribution in [3.8, 4) is 6.07 Å². The van der Waals surface area contributed by atoms with Crippen molar-refractivity contribution in [1.82, 2.24) is 9.97 Å². The van der Waals surface area contributed by atoms with Gasteiger partial charge in [-0.25, -0.2) is 9.97 Å². The quantitative estimate of drug-likeness (QED) is 0.881. The van der Waals surface area contributed by atoms with E-state index in [2.05, 4.69) is 15.3 Å². The monoisotopic (exact) mass is 258 g/mol. The minimum absolute atomic E-state index is 0.107. The molecule has 0 aromatic carbocycles. The highest BCUT2D eigenvalue weighted by molar-refractivity contribution is 5.34. The van der Waals surface area contributed by atoms with Crippen LogP contribution < -0.4 is 5.32 Å². The van der Waals surface area contributed by atoms with Gasteiger partial charge in [0.25, 0.3) is 0 Å². The Morgan fingerprint density at radius 2 is 2.16 bits per heavy atom. The van der Waals surface area contributed by atoms with Crippen molar-refractivity contribution in [3.05, 3.63) is 18.1 Å². The predicted octanol–water partition coefficient (Wildman–Crippen LogP) is 2.25. The van der Waals surface area contributed by atoms with Gasteiger partial charge in [0.2, 0.25) is 0 Å². The molecule has 5 nitrogen and oxygen atoms in total. The molecule has 1 N–H and O–H groups in total. The molecular weight excluding hydrogens is 240 g/mol. The zero-order valence-corrected chi connectivity index (χ0v) is 10.9. The maximum atomic E-state index is 8.70. The average Bonchev–Trinajstić information content (AvgIpc) is 2.88. The first-order valence-electron chi connectivity index (χ1n) is 6.92. The lowest BCUT2D eigenvalue weighted by Gasteiger charge is -2.38. The highest BCUT2D eigenvalue weighted by Crippen LogP contribution is 2.40. The fourth-order valence-electron chi connectivity index (χ4n) is 3.19. The smallest absolute Gasteiger partial charge is 0.158 e. The molecule has 1 unspecified atom stereocenters. The lowest BCUT2D eigenvalue weighted by molar-refractivity contribution is -0.0767. The van der Waals surface area contributed by atoms with Crippen LogP contribution in [0.3, 0.4) is 0 Å². The van der Waals surface area contributed by atoms with Gasteiger partial charge in [0.1, 0.15) is 11.9 Å². The van der Waals surface area contributed by atoms with Crippen molar-refractivity contribution in [1.29, 1.82) is 5.26 Å². The Morgan fingerprint density at radius 1 is 1.32 bits per heavy atom. The fraction of sp³-hybridized carbons (Fsp3) is 0.643. The molecule has 0 amide bonds. The molecular formula is C14H18N4O. The second-order valence-electron chi connectivity index (χ2n) is 5.47. The van der Waals surface area contributed by atoms with Crippen molar-refractivity contribution in [2.24, 2.45) is 0 Å². The van der Waals surface area contributed by atoms with Gasteiger partial charge >= 0.3 is 0 Å². The topological polar surface area (TPSA) is 70.8 Å². The van der Waals surface area contributed by atoms with E-state index >= 15 is 0 Å². The number of ether oxygens (including phenoxy) is 1. The summed E-state index contributed by atoms with van der Waals surface area (Å²) in [5.74, 6) is 0.749. The van der Waals surface area contributed by atoms with Gasteiger partial charge < -0.3 is 10.1 Å². The standard InChI is InChI=1S/C14H18N4O/c15-8-12-9-17-13(10-16-12)18-11-3-6-19-14(7-11)4-1-2-5-14/h9-11H,1-7H2,(H,17,18). The van der Waals surface area contributed by atoms with Crippen LogP contribution in [0.5, 0.6) is 0 Å². The van der Waals surface area contributed by atoms with Crippen LogP contribution in [0.15, 0.2) is 12.4 Å². The highest BCUT2D eigenvalue weighted by atomic mass is 16.5. The van der Waals surface area contributed by atoms with Crippen molar-refractivity contribution < 1.29 is 4.74 Å². The van der Waals surface area contributed by atoms with Crippen LogP contribution in [0, 0.1) is 11.3 Å². The zero-order chi connectivity index (χ0) is 13.1. The Morgan fingerprint density at radius 3 is 2.84 bits per heavy atom. The van der Waals surface area contributed by atoms with Gasteiger partial charge in [0.05, 0.1) is 18.0 Å². The van der Waals surface area contributed by atoms with E-state index in [9.17, 15) is 0 Å². The second-order valence-corrected chi connectivity index (χ2v) is 5.47. The van der Waals surface area contributed by atoms with Crippen LogP contribution in [0.2, 0.25) is 0 Å². The molecule has 2 fully saturated rings. The molecule has 2 aliphatic rings. The molecule has 3 rings (SSSR count). The molecule has 1 saturated heterocycles. The number of nitrogens with zero attached hydrogens (tertiary/aromatic N) is 3. The molecule has 1 atom stereocenters. The van der Waals surface area contributed by atoms with E-state index in [1.165, 1.54) is 31.9 Å². The van der Waals surface area contributed by atoms with Gasteiger partial charge in [-0.1, -0.05) is 12.8 Å². The lowest BCUT2D eigenvalue weighted by Crippen LogP contribution is -2.42. The maximum Gasteiger partial charge on any atom is 0.158 e. The van der Waals surface area contributed by atoms with E-state index in [1.54, 1.807) is 6.20 Å². The van der Waals surface area contributed by atoms with E-state index in [-0.39, 0.29) is 5.60 Å². The van der Waals surface area contributed by atoms with Gasteiger partial charge in [0.15, 0.2) is 5.69 Å². The number of aromatic nitrogens is 2. The third-order valence-corrected chi connectivity index (χ3v) is 4.13. The number of nitrogens with one attached hydrogen (secondary N) is 1. The zero-order valence-electron chi connectivity index (χ0n) is 10.9. The van der Waals surface area contributed by atoms with Crippen LogP contribution in [-0.4, -0.2) is 28.2 Å². The number of anilines is 1. The number of nitriles is 1. The Labute approximate surface area is 113 Å². The van der Waals surface area contributed by atoms with Crippen LogP contribution in [0.25, 0.3) is 0 Å². The molecule has 0 radical (unpaired) electrons. The fourth-order valence-corrected chi connectivity index (χ4v) is 3.19. The molecule has 1 aromatic heterocycles. The van der Waals surface area contributed by atoms with Gasteiger partial charge in [-0.3, -0.25) is 0 Å². The van der Waals surface area contributed by atoms with E-state index in [0.29, 0.717) is 11.7 Å². The largest absolute Gasteiger partial charge is 0.375 e. The number of hydrogen-bond acceptors (Lipinski definition) is 5. The Balaban J connectivity index is 1.64. The van der Waals surface area contributed by atoms with Gasteiger partial charge in [-0.05, 0) is 25.7 Å². The highest BCUT2D eigenvalue weighted by Gasteiger charge is 2.39. The Hall–Kier alpha value is -1.67. The first kappa shape index (κ1) is 12.4. The molecule has 19 heavy (non-hydrogen) atoms. The Bertz CT molecular complexity index is 473. The van der Waals surface area contributed by atoms with E-state index < -0.39 is 0 Å². The molecule has 1 aliphatic carbocycles. The third-order valence-electron chi connectivity index (χ3n) is 4.13. The molecule has 1 spiro atoms.